The van der Waals surface area contributed by atoms with Crippen molar-refractivity contribution in [1.29, 1.82) is 0 Å². The largest absolute Gasteiger partial charge is 0.433 e. The van der Waals surface area contributed by atoms with Crippen molar-refractivity contribution in [2.45, 2.75) is 13.1 Å². The highest BCUT2D eigenvalue weighted by Gasteiger charge is 2.33. The fourth-order valence-corrected chi connectivity index (χ4v) is 1.75. The Morgan fingerprint density at radius 3 is 2.47 bits per heavy atom. The van der Waals surface area contributed by atoms with Crippen molar-refractivity contribution in [3.05, 3.63) is 17.6 Å². The van der Waals surface area contributed by atoms with Gasteiger partial charge in [0.25, 0.3) is 0 Å². The Kier molecular flexibility index (Phi) is 3.19. The first-order valence-electron chi connectivity index (χ1n) is 5.35. The van der Waals surface area contributed by atoms with Gasteiger partial charge in [-0.3, -0.25) is 0 Å². The van der Waals surface area contributed by atoms with Crippen LogP contribution in [0.2, 0.25) is 0 Å². The average Bonchev–Trinajstić information content (AvgIpc) is 2.28. The highest BCUT2D eigenvalue weighted by Crippen LogP contribution is 2.29. The second-order valence-electron chi connectivity index (χ2n) is 3.89. The quantitative estimate of drug-likeness (QED) is 0.808. The lowest BCUT2D eigenvalue weighted by atomic mass is 10.3. The second-order valence-corrected chi connectivity index (χ2v) is 3.89. The first-order valence-corrected chi connectivity index (χ1v) is 5.35. The highest BCUT2D eigenvalue weighted by molar-refractivity contribution is 5.41. The first-order chi connectivity index (χ1) is 7.97. The summed E-state index contributed by atoms with van der Waals surface area (Å²) in [5, 5.41) is 3.14. The number of piperazine rings is 1. The fourth-order valence-electron chi connectivity index (χ4n) is 1.75. The Balaban J connectivity index is 2.31. The van der Waals surface area contributed by atoms with Gasteiger partial charge in [0.05, 0.1) is 0 Å². The second kappa shape index (κ2) is 4.48. The number of hydrogen-bond acceptors (Lipinski definition) is 4. The molecule has 0 spiro atoms. The van der Waals surface area contributed by atoms with Crippen molar-refractivity contribution in [1.82, 2.24) is 15.3 Å². The van der Waals surface area contributed by atoms with Gasteiger partial charge in [-0.1, -0.05) is 0 Å². The van der Waals surface area contributed by atoms with E-state index in [9.17, 15) is 13.2 Å². The smallest absolute Gasteiger partial charge is 0.354 e. The number of nitrogens with one attached hydrogen (secondary N) is 1. The molecule has 1 N–H and O–H groups in total. The van der Waals surface area contributed by atoms with Crippen molar-refractivity contribution >= 4 is 5.82 Å². The van der Waals surface area contributed by atoms with Crippen LogP contribution in [-0.2, 0) is 6.18 Å². The molecule has 17 heavy (non-hydrogen) atoms. The molecule has 0 saturated carbocycles. The maximum atomic E-state index is 12.6. The van der Waals surface area contributed by atoms with Crippen molar-refractivity contribution in [2.24, 2.45) is 0 Å². The van der Waals surface area contributed by atoms with Gasteiger partial charge in [-0.05, 0) is 6.92 Å². The molecule has 0 radical (unpaired) electrons. The molecule has 1 aliphatic heterocycles. The van der Waals surface area contributed by atoms with Crippen molar-refractivity contribution in [3.63, 3.8) is 0 Å². The number of alkyl halides is 3. The van der Waals surface area contributed by atoms with Gasteiger partial charge in [-0.15, -0.1) is 0 Å². The molecule has 1 aromatic rings. The van der Waals surface area contributed by atoms with E-state index < -0.39 is 11.9 Å². The molecule has 0 amide bonds. The minimum Gasteiger partial charge on any atom is -0.354 e. The van der Waals surface area contributed by atoms with Crippen LogP contribution >= 0.6 is 0 Å². The van der Waals surface area contributed by atoms with Crippen LogP contribution in [0.5, 0.6) is 0 Å². The lowest BCUT2D eigenvalue weighted by Crippen LogP contribution is -2.44. The Hall–Kier alpha value is -1.37. The normalized spacial score (nSPS) is 17.3. The predicted octanol–water partition coefficient (Wildman–Crippen LogP) is 1.21. The van der Waals surface area contributed by atoms with Gasteiger partial charge in [0.2, 0.25) is 0 Å². The first kappa shape index (κ1) is 12.1. The van der Waals surface area contributed by atoms with Crippen molar-refractivity contribution in [3.8, 4) is 0 Å². The zero-order chi connectivity index (χ0) is 12.5. The van der Waals surface area contributed by atoms with Gasteiger partial charge < -0.3 is 10.2 Å². The predicted molar refractivity (Wildman–Crippen MR) is 56.9 cm³/mol. The Morgan fingerprint density at radius 1 is 1.24 bits per heavy atom. The van der Waals surface area contributed by atoms with E-state index in [1.807, 2.05) is 4.90 Å². The van der Waals surface area contributed by atoms with E-state index in [4.69, 9.17) is 0 Å². The summed E-state index contributed by atoms with van der Waals surface area (Å²) in [6, 6.07) is 1.01. The SMILES string of the molecule is Cc1nc(N2CCNCC2)cc(C(F)(F)F)n1. The maximum absolute atomic E-state index is 12.6. The van der Waals surface area contributed by atoms with Gasteiger partial charge >= 0.3 is 6.18 Å². The molecule has 7 heteroatoms. The van der Waals surface area contributed by atoms with E-state index in [0.717, 1.165) is 19.2 Å². The Morgan fingerprint density at radius 2 is 1.88 bits per heavy atom. The zero-order valence-corrected chi connectivity index (χ0v) is 9.38. The summed E-state index contributed by atoms with van der Waals surface area (Å²) in [6.45, 7) is 4.30. The van der Waals surface area contributed by atoms with Crippen LogP contribution in [0.1, 0.15) is 11.5 Å². The molecule has 2 heterocycles. The van der Waals surface area contributed by atoms with Crippen LogP contribution in [0, 0.1) is 6.92 Å². The summed E-state index contributed by atoms with van der Waals surface area (Å²) >= 11 is 0. The van der Waals surface area contributed by atoms with Crippen LogP contribution in [0.25, 0.3) is 0 Å². The molecule has 1 aliphatic rings. The third-order valence-electron chi connectivity index (χ3n) is 2.56. The standard InChI is InChI=1S/C10H13F3N4/c1-7-15-8(10(11,12)13)6-9(16-7)17-4-2-14-3-5-17/h6,14H,2-5H2,1H3. The summed E-state index contributed by atoms with van der Waals surface area (Å²) in [5.41, 5.74) is -0.876. The minimum atomic E-state index is -4.42. The van der Waals surface area contributed by atoms with Gasteiger partial charge in [-0.25, -0.2) is 9.97 Å². The van der Waals surface area contributed by atoms with E-state index >= 15 is 0 Å². The van der Waals surface area contributed by atoms with Crippen LogP contribution in [0.4, 0.5) is 19.0 Å². The van der Waals surface area contributed by atoms with Gasteiger partial charge in [-0.2, -0.15) is 13.2 Å². The summed E-state index contributed by atoms with van der Waals surface area (Å²) in [6.07, 6.45) is -4.42. The lowest BCUT2D eigenvalue weighted by molar-refractivity contribution is -0.141. The molecular weight excluding hydrogens is 233 g/mol. The topological polar surface area (TPSA) is 41.1 Å². The van der Waals surface area contributed by atoms with E-state index in [1.54, 1.807) is 0 Å². The van der Waals surface area contributed by atoms with E-state index in [1.165, 1.54) is 6.92 Å². The lowest BCUT2D eigenvalue weighted by Gasteiger charge is -2.28. The summed E-state index contributed by atoms with van der Waals surface area (Å²) in [5.74, 6) is 0.500. The third-order valence-corrected chi connectivity index (χ3v) is 2.56. The summed E-state index contributed by atoms with van der Waals surface area (Å²) in [4.78, 5) is 9.31. The molecule has 0 bridgehead atoms. The fraction of sp³-hybridized carbons (Fsp3) is 0.600. The average molecular weight is 246 g/mol. The molecule has 0 atom stereocenters. The van der Waals surface area contributed by atoms with Crippen LogP contribution < -0.4 is 10.2 Å². The molecule has 1 fully saturated rings. The van der Waals surface area contributed by atoms with Gasteiger partial charge in [0.1, 0.15) is 17.3 Å². The van der Waals surface area contributed by atoms with Gasteiger partial charge in [0, 0.05) is 32.2 Å². The molecule has 4 nitrogen and oxygen atoms in total. The highest BCUT2D eigenvalue weighted by atomic mass is 19.4. The zero-order valence-electron chi connectivity index (χ0n) is 9.38. The van der Waals surface area contributed by atoms with Crippen LogP contribution in [0.3, 0.4) is 0 Å². The minimum absolute atomic E-state index is 0.147. The van der Waals surface area contributed by atoms with E-state index in [2.05, 4.69) is 15.3 Å². The van der Waals surface area contributed by atoms with Crippen LogP contribution in [0.15, 0.2) is 6.07 Å². The monoisotopic (exact) mass is 246 g/mol. The number of rotatable bonds is 1. The molecule has 94 valence electrons. The Bertz CT molecular complexity index is 399. The van der Waals surface area contributed by atoms with Crippen molar-refractivity contribution in [2.75, 3.05) is 31.1 Å². The molecule has 1 saturated heterocycles. The van der Waals surface area contributed by atoms with E-state index in [0.29, 0.717) is 18.9 Å². The Labute approximate surface area is 96.9 Å². The molecule has 0 unspecified atom stereocenters. The van der Waals surface area contributed by atoms with E-state index in [-0.39, 0.29) is 5.82 Å². The van der Waals surface area contributed by atoms with Gasteiger partial charge in [0.15, 0.2) is 0 Å². The summed E-state index contributed by atoms with van der Waals surface area (Å²) < 4.78 is 37.8. The summed E-state index contributed by atoms with van der Waals surface area (Å²) in [7, 11) is 0. The molecule has 0 aromatic carbocycles. The number of anilines is 1. The maximum Gasteiger partial charge on any atom is 0.433 e. The third kappa shape index (κ3) is 2.85. The number of hydrogen-bond donors (Lipinski definition) is 1. The van der Waals surface area contributed by atoms with Crippen molar-refractivity contribution < 1.29 is 13.2 Å². The molecule has 1 aromatic heterocycles. The molecular formula is C10H13F3N4. The molecule has 2 rings (SSSR count). The molecule has 0 aliphatic carbocycles. The number of aromatic nitrogens is 2. The number of nitrogens with zero attached hydrogens (tertiary/aromatic N) is 3. The number of halogens is 3. The number of aryl methyl sites for hydroxylation is 1. The van der Waals surface area contributed by atoms with Crippen LogP contribution in [-0.4, -0.2) is 36.1 Å².